The van der Waals surface area contributed by atoms with Crippen LogP contribution in [-0.2, 0) is 14.3 Å². The van der Waals surface area contributed by atoms with Gasteiger partial charge < -0.3 is 10.5 Å². The minimum Gasteiger partial charge on any atom is -0.468 e. The molecule has 1 rings (SSSR count). The van der Waals surface area contributed by atoms with Gasteiger partial charge in [0.15, 0.2) is 0 Å². The fourth-order valence-corrected chi connectivity index (χ4v) is 1.21. The monoisotopic (exact) mass is 186 g/mol. The van der Waals surface area contributed by atoms with E-state index in [2.05, 4.69) is 10.1 Å². The van der Waals surface area contributed by atoms with Gasteiger partial charge >= 0.3 is 5.97 Å². The maximum atomic E-state index is 11.2. The van der Waals surface area contributed by atoms with Gasteiger partial charge in [-0.25, -0.2) is 0 Å². The Morgan fingerprint density at radius 3 is 2.62 bits per heavy atom. The standard InChI is InChI=1S/C8H14N2O3/c1-13-8(12)7(5-2-3-5)10-4-6(9)11/h5,7,10H,2-4H2,1H3,(H2,9,11). The van der Waals surface area contributed by atoms with Gasteiger partial charge in [0, 0.05) is 0 Å². The lowest BCUT2D eigenvalue weighted by molar-refractivity contribution is -0.143. The quantitative estimate of drug-likeness (QED) is 0.540. The molecule has 0 aromatic heterocycles. The highest BCUT2D eigenvalue weighted by atomic mass is 16.5. The molecule has 0 spiro atoms. The van der Waals surface area contributed by atoms with E-state index < -0.39 is 5.91 Å². The third kappa shape index (κ3) is 3.02. The Labute approximate surface area is 76.6 Å². The number of ether oxygens (including phenoxy) is 1. The van der Waals surface area contributed by atoms with Crippen molar-refractivity contribution in [2.45, 2.75) is 18.9 Å². The molecule has 0 aliphatic heterocycles. The largest absolute Gasteiger partial charge is 0.468 e. The van der Waals surface area contributed by atoms with E-state index in [0.717, 1.165) is 12.8 Å². The summed E-state index contributed by atoms with van der Waals surface area (Å²) in [6, 6.07) is -0.363. The number of hydrogen-bond acceptors (Lipinski definition) is 4. The number of primary amides is 1. The zero-order valence-electron chi connectivity index (χ0n) is 7.58. The van der Waals surface area contributed by atoms with Crippen LogP contribution >= 0.6 is 0 Å². The smallest absolute Gasteiger partial charge is 0.323 e. The first-order valence-corrected chi connectivity index (χ1v) is 4.24. The summed E-state index contributed by atoms with van der Waals surface area (Å²) in [6.07, 6.45) is 2.01. The Morgan fingerprint density at radius 2 is 2.23 bits per heavy atom. The van der Waals surface area contributed by atoms with E-state index in [-0.39, 0.29) is 18.6 Å². The van der Waals surface area contributed by atoms with E-state index in [1.807, 2.05) is 0 Å². The molecule has 1 aliphatic rings. The number of esters is 1. The van der Waals surface area contributed by atoms with Crippen molar-refractivity contribution in [1.82, 2.24) is 5.32 Å². The number of rotatable bonds is 5. The third-order valence-corrected chi connectivity index (χ3v) is 2.04. The lowest BCUT2D eigenvalue weighted by Gasteiger charge is -2.13. The van der Waals surface area contributed by atoms with Crippen LogP contribution in [0.2, 0.25) is 0 Å². The Morgan fingerprint density at radius 1 is 1.62 bits per heavy atom. The Hall–Kier alpha value is -1.10. The zero-order chi connectivity index (χ0) is 9.84. The van der Waals surface area contributed by atoms with Gasteiger partial charge in [0.25, 0.3) is 0 Å². The fraction of sp³-hybridized carbons (Fsp3) is 0.750. The molecule has 1 saturated carbocycles. The van der Waals surface area contributed by atoms with E-state index in [4.69, 9.17) is 5.73 Å². The van der Waals surface area contributed by atoms with Crippen LogP contribution in [0.5, 0.6) is 0 Å². The van der Waals surface area contributed by atoms with Crippen LogP contribution < -0.4 is 11.1 Å². The molecule has 1 aliphatic carbocycles. The second-order valence-corrected chi connectivity index (χ2v) is 3.19. The molecule has 0 bridgehead atoms. The highest BCUT2D eigenvalue weighted by Gasteiger charge is 2.36. The average molecular weight is 186 g/mol. The summed E-state index contributed by atoms with van der Waals surface area (Å²) in [6.45, 7) is 0.0241. The van der Waals surface area contributed by atoms with Gasteiger partial charge in [-0.05, 0) is 18.8 Å². The summed E-state index contributed by atoms with van der Waals surface area (Å²) in [5, 5.41) is 2.78. The maximum Gasteiger partial charge on any atom is 0.323 e. The summed E-state index contributed by atoms with van der Waals surface area (Å²) in [5.41, 5.74) is 4.95. The molecule has 0 aromatic rings. The molecule has 1 amide bonds. The number of hydrogen-bond donors (Lipinski definition) is 2. The minimum atomic E-state index is -0.463. The molecule has 13 heavy (non-hydrogen) atoms. The molecular formula is C8H14N2O3. The second kappa shape index (κ2) is 4.23. The summed E-state index contributed by atoms with van der Waals surface area (Å²) in [7, 11) is 1.34. The number of amides is 1. The van der Waals surface area contributed by atoms with E-state index in [1.54, 1.807) is 0 Å². The molecular weight excluding hydrogens is 172 g/mol. The van der Waals surface area contributed by atoms with Crippen LogP contribution in [-0.4, -0.2) is 31.6 Å². The van der Waals surface area contributed by atoms with Gasteiger partial charge in [-0.1, -0.05) is 0 Å². The average Bonchev–Trinajstić information content (AvgIpc) is 2.87. The molecule has 0 radical (unpaired) electrons. The molecule has 5 nitrogen and oxygen atoms in total. The van der Waals surface area contributed by atoms with Gasteiger partial charge in [0.05, 0.1) is 13.7 Å². The Bertz CT molecular complexity index is 213. The second-order valence-electron chi connectivity index (χ2n) is 3.19. The minimum absolute atomic E-state index is 0.0241. The first kappa shape index (κ1) is 9.98. The number of carbonyl (C=O) groups excluding carboxylic acids is 2. The van der Waals surface area contributed by atoms with Crippen LogP contribution in [0.4, 0.5) is 0 Å². The predicted molar refractivity (Wildman–Crippen MR) is 45.7 cm³/mol. The molecule has 1 unspecified atom stereocenters. The van der Waals surface area contributed by atoms with Gasteiger partial charge in [0.2, 0.25) is 5.91 Å². The first-order chi connectivity index (χ1) is 6.15. The number of nitrogens with one attached hydrogen (secondary N) is 1. The van der Waals surface area contributed by atoms with Crippen molar-refractivity contribution in [3.8, 4) is 0 Å². The number of nitrogens with two attached hydrogens (primary N) is 1. The zero-order valence-corrected chi connectivity index (χ0v) is 7.58. The normalized spacial score (nSPS) is 17.9. The summed E-state index contributed by atoms with van der Waals surface area (Å²) >= 11 is 0. The molecule has 0 heterocycles. The predicted octanol–water partition coefficient (Wildman–Crippen LogP) is -0.987. The van der Waals surface area contributed by atoms with Gasteiger partial charge in [-0.2, -0.15) is 0 Å². The molecule has 0 aromatic carbocycles. The van der Waals surface area contributed by atoms with Gasteiger partial charge in [-0.3, -0.25) is 14.9 Å². The van der Waals surface area contributed by atoms with Gasteiger partial charge in [0.1, 0.15) is 6.04 Å². The van der Waals surface area contributed by atoms with Gasteiger partial charge in [-0.15, -0.1) is 0 Å². The lowest BCUT2D eigenvalue weighted by Crippen LogP contribution is -2.43. The molecule has 0 saturated heterocycles. The van der Waals surface area contributed by atoms with E-state index in [0.29, 0.717) is 5.92 Å². The van der Waals surface area contributed by atoms with Crippen LogP contribution in [0.15, 0.2) is 0 Å². The van der Waals surface area contributed by atoms with Crippen LogP contribution in [0.3, 0.4) is 0 Å². The van der Waals surface area contributed by atoms with E-state index in [1.165, 1.54) is 7.11 Å². The van der Waals surface area contributed by atoms with Crippen molar-refractivity contribution >= 4 is 11.9 Å². The molecule has 1 fully saturated rings. The summed E-state index contributed by atoms with van der Waals surface area (Å²) in [4.78, 5) is 21.6. The van der Waals surface area contributed by atoms with Crippen molar-refractivity contribution in [2.24, 2.45) is 11.7 Å². The first-order valence-electron chi connectivity index (χ1n) is 4.24. The van der Waals surface area contributed by atoms with Crippen molar-refractivity contribution < 1.29 is 14.3 Å². The topological polar surface area (TPSA) is 81.4 Å². The number of carbonyl (C=O) groups is 2. The van der Waals surface area contributed by atoms with Crippen LogP contribution in [0, 0.1) is 5.92 Å². The van der Waals surface area contributed by atoms with Crippen molar-refractivity contribution in [1.29, 1.82) is 0 Å². The van der Waals surface area contributed by atoms with Crippen molar-refractivity contribution in [2.75, 3.05) is 13.7 Å². The van der Waals surface area contributed by atoms with Crippen molar-refractivity contribution in [3.05, 3.63) is 0 Å². The van der Waals surface area contributed by atoms with E-state index in [9.17, 15) is 9.59 Å². The third-order valence-electron chi connectivity index (χ3n) is 2.04. The highest BCUT2D eigenvalue weighted by molar-refractivity contribution is 5.79. The van der Waals surface area contributed by atoms with Crippen molar-refractivity contribution in [3.63, 3.8) is 0 Å². The lowest BCUT2D eigenvalue weighted by atomic mass is 10.2. The van der Waals surface area contributed by atoms with Crippen LogP contribution in [0.1, 0.15) is 12.8 Å². The molecule has 3 N–H and O–H groups in total. The Kier molecular flexibility index (Phi) is 3.25. The molecule has 1 atom stereocenters. The Balaban J connectivity index is 2.38. The SMILES string of the molecule is COC(=O)C(NCC(N)=O)C1CC1. The summed E-state index contributed by atoms with van der Waals surface area (Å²) < 4.78 is 4.59. The number of methoxy groups -OCH3 is 1. The maximum absolute atomic E-state index is 11.2. The molecule has 5 heteroatoms. The van der Waals surface area contributed by atoms with E-state index >= 15 is 0 Å². The highest BCUT2D eigenvalue weighted by Crippen LogP contribution is 2.32. The fourth-order valence-electron chi connectivity index (χ4n) is 1.21. The molecule has 74 valence electrons. The van der Waals surface area contributed by atoms with Crippen LogP contribution in [0.25, 0.3) is 0 Å². The summed E-state index contributed by atoms with van der Waals surface area (Å²) in [5.74, 6) is -0.467.